The molecule has 0 spiro atoms. The van der Waals surface area contributed by atoms with Crippen LogP contribution in [0.25, 0.3) is 11.1 Å². The smallest absolute Gasteiger partial charge is 0.248 e. The van der Waals surface area contributed by atoms with Crippen molar-refractivity contribution in [2.75, 3.05) is 0 Å². The third-order valence-corrected chi connectivity index (χ3v) is 2.29. The van der Waals surface area contributed by atoms with Crippen molar-refractivity contribution < 1.29 is 9.50 Å². The minimum atomic E-state index is -0.354. The van der Waals surface area contributed by atoms with Crippen molar-refractivity contribution in [3.63, 3.8) is 0 Å². The molecule has 0 aliphatic carbocycles. The number of H-pyrrole nitrogens is 1. The van der Waals surface area contributed by atoms with E-state index in [0.29, 0.717) is 16.8 Å². The van der Waals surface area contributed by atoms with E-state index in [1.54, 1.807) is 18.2 Å². The summed E-state index contributed by atoms with van der Waals surface area (Å²) < 4.78 is 13.0. The molecule has 0 fully saturated rings. The predicted molar refractivity (Wildman–Crippen MR) is 58.4 cm³/mol. The summed E-state index contributed by atoms with van der Waals surface area (Å²) in [5.74, 6) is -0.354. The second-order valence-corrected chi connectivity index (χ2v) is 3.38. The van der Waals surface area contributed by atoms with E-state index in [0.717, 1.165) is 0 Å². The molecule has 82 valence electrons. The first-order valence-corrected chi connectivity index (χ1v) is 4.79. The first kappa shape index (κ1) is 10.6. The van der Waals surface area contributed by atoms with Crippen molar-refractivity contribution in [1.29, 1.82) is 0 Å². The van der Waals surface area contributed by atoms with Gasteiger partial charge in [-0.25, -0.2) is 4.39 Å². The Morgan fingerprint density at radius 2 is 2.06 bits per heavy atom. The van der Waals surface area contributed by atoms with E-state index in [1.807, 2.05) is 0 Å². The second kappa shape index (κ2) is 4.28. The van der Waals surface area contributed by atoms with Crippen LogP contribution in [0.1, 0.15) is 5.69 Å². The van der Waals surface area contributed by atoms with Crippen molar-refractivity contribution in [2.24, 2.45) is 0 Å². The van der Waals surface area contributed by atoms with E-state index in [9.17, 15) is 9.18 Å². The van der Waals surface area contributed by atoms with Crippen molar-refractivity contribution in [2.45, 2.75) is 6.61 Å². The molecule has 0 radical (unpaired) electrons. The lowest BCUT2D eigenvalue weighted by molar-refractivity contribution is 0.277. The van der Waals surface area contributed by atoms with Gasteiger partial charge < -0.3 is 10.1 Å². The number of hydrogen-bond acceptors (Lipinski definition) is 2. The molecule has 0 saturated heterocycles. The van der Waals surface area contributed by atoms with Gasteiger partial charge in [-0.15, -0.1) is 0 Å². The zero-order valence-corrected chi connectivity index (χ0v) is 8.40. The molecule has 0 saturated carbocycles. The van der Waals surface area contributed by atoms with Crippen molar-refractivity contribution in [1.82, 2.24) is 4.98 Å². The highest BCUT2D eigenvalue weighted by molar-refractivity contribution is 5.65. The Labute approximate surface area is 91.2 Å². The lowest BCUT2D eigenvalue weighted by Gasteiger charge is -2.06. The number of benzene rings is 1. The Hall–Kier alpha value is -1.94. The summed E-state index contributed by atoms with van der Waals surface area (Å²) >= 11 is 0. The molecule has 1 aromatic heterocycles. The molecule has 3 nitrogen and oxygen atoms in total. The molecule has 0 atom stereocenters. The zero-order valence-electron chi connectivity index (χ0n) is 8.40. The van der Waals surface area contributed by atoms with Crippen LogP contribution in [0, 0.1) is 5.82 Å². The number of aromatic nitrogens is 1. The van der Waals surface area contributed by atoms with Crippen LogP contribution in [0.5, 0.6) is 0 Å². The summed E-state index contributed by atoms with van der Waals surface area (Å²) in [4.78, 5) is 13.6. The Balaban J connectivity index is 2.59. The summed E-state index contributed by atoms with van der Waals surface area (Å²) in [6.45, 7) is -0.290. The van der Waals surface area contributed by atoms with Gasteiger partial charge in [-0.1, -0.05) is 12.1 Å². The molecular weight excluding hydrogens is 209 g/mol. The van der Waals surface area contributed by atoms with E-state index in [2.05, 4.69) is 4.98 Å². The molecule has 2 N–H and O–H groups in total. The summed E-state index contributed by atoms with van der Waals surface area (Å²) in [5.41, 5.74) is 1.35. The average Bonchev–Trinajstić information content (AvgIpc) is 2.28. The first-order valence-electron chi connectivity index (χ1n) is 4.79. The van der Waals surface area contributed by atoms with E-state index in [-0.39, 0.29) is 18.0 Å². The minimum absolute atomic E-state index is 0.288. The molecule has 16 heavy (non-hydrogen) atoms. The van der Waals surface area contributed by atoms with E-state index < -0.39 is 0 Å². The van der Waals surface area contributed by atoms with Crippen LogP contribution in [-0.2, 0) is 6.61 Å². The molecule has 2 rings (SSSR count). The highest BCUT2D eigenvalue weighted by Gasteiger charge is 2.05. The maximum Gasteiger partial charge on any atom is 0.248 e. The van der Waals surface area contributed by atoms with Crippen LogP contribution in [0.2, 0.25) is 0 Å². The summed E-state index contributed by atoms with van der Waals surface area (Å²) in [6, 6.07) is 8.91. The number of aliphatic hydroxyl groups excluding tert-OH is 1. The second-order valence-electron chi connectivity index (χ2n) is 3.38. The van der Waals surface area contributed by atoms with Gasteiger partial charge in [-0.2, -0.15) is 0 Å². The molecule has 0 aliphatic heterocycles. The lowest BCUT2D eigenvalue weighted by Crippen LogP contribution is -2.08. The van der Waals surface area contributed by atoms with E-state index >= 15 is 0 Å². The molecule has 4 heteroatoms. The number of hydrogen-bond donors (Lipinski definition) is 2. The van der Waals surface area contributed by atoms with Crippen LogP contribution < -0.4 is 5.56 Å². The zero-order chi connectivity index (χ0) is 11.5. The lowest BCUT2D eigenvalue weighted by atomic mass is 10.0. The fraction of sp³-hybridized carbons (Fsp3) is 0.0833. The monoisotopic (exact) mass is 219 g/mol. The molecule has 0 unspecified atom stereocenters. The number of aromatic amines is 1. The summed E-state index contributed by atoms with van der Waals surface area (Å²) in [7, 11) is 0. The van der Waals surface area contributed by atoms with Crippen LogP contribution in [-0.4, -0.2) is 10.1 Å². The number of nitrogens with one attached hydrogen (secondary N) is 1. The largest absolute Gasteiger partial charge is 0.390 e. The normalized spacial score (nSPS) is 10.4. The SMILES string of the molecule is O=c1ccc(-c2cccc(F)c2)c(CO)[nH]1. The first-order chi connectivity index (χ1) is 7.70. The van der Waals surface area contributed by atoms with Gasteiger partial charge in [-0.05, 0) is 23.8 Å². The fourth-order valence-corrected chi connectivity index (χ4v) is 1.57. The minimum Gasteiger partial charge on any atom is -0.390 e. The van der Waals surface area contributed by atoms with Crippen LogP contribution >= 0.6 is 0 Å². The predicted octanol–water partition coefficient (Wildman–Crippen LogP) is 1.67. The standard InChI is InChI=1S/C12H10FNO2/c13-9-3-1-2-8(6-9)10-4-5-12(16)14-11(10)7-15/h1-6,15H,7H2,(H,14,16). The van der Waals surface area contributed by atoms with Crippen molar-refractivity contribution in [3.8, 4) is 11.1 Å². The summed E-state index contributed by atoms with van der Waals surface area (Å²) in [5, 5.41) is 9.11. The molecule has 1 heterocycles. The molecule has 2 aromatic rings. The Morgan fingerprint density at radius 1 is 1.25 bits per heavy atom. The molecule has 0 aliphatic rings. The van der Waals surface area contributed by atoms with Gasteiger partial charge in [0.2, 0.25) is 5.56 Å². The van der Waals surface area contributed by atoms with Crippen molar-refractivity contribution in [3.05, 3.63) is 58.3 Å². The van der Waals surface area contributed by atoms with Gasteiger partial charge in [0.1, 0.15) is 5.82 Å². The maximum atomic E-state index is 13.0. The molecular formula is C12H10FNO2. The Bertz CT molecular complexity index is 563. The Kier molecular flexibility index (Phi) is 2.83. The van der Waals surface area contributed by atoms with Crippen molar-refractivity contribution >= 4 is 0 Å². The Morgan fingerprint density at radius 3 is 2.75 bits per heavy atom. The summed E-state index contributed by atoms with van der Waals surface area (Å²) in [6.07, 6.45) is 0. The fourth-order valence-electron chi connectivity index (χ4n) is 1.57. The quantitative estimate of drug-likeness (QED) is 0.807. The molecule has 1 aromatic carbocycles. The number of pyridine rings is 1. The van der Waals surface area contributed by atoms with Crippen LogP contribution in [0.3, 0.4) is 0 Å². The average molecular weight is 219 g/mol. The third-order valence-electron chi connectivity index (χ3n) is 2.29. The van der Waals surface area contributed by atoms with Gasteiger partial charge in [0.05, 0.1) is 12.3 Å². The number of aliphatic hydroxyl groups is 1. The highest BCUT2D eigenvalue weighted by atomic mass is 19.1. The van der Waals surface area contributed by atoms with Gasteiger partial charge in [0.25, 0.3) is 0 Å². The molecule has 0 bridgehead atoms. The van der Waals surface area contributed by atoms with Gasteiger partial charge in [0, 0.05) is 11.6 Å². The van der Waals surface area contributed by atoms with Gasteiger partial charge >= 0.3 is 0 Å². The van der Waals surface area contributed by atoms with Gasteiger partial charge in [0.15, 0.2) is 0 Å². The highest BCUT2D eigenvalue weighted by Crippen LogP contribution is 2.21. The number of rotatable bonds is 2. The topological polar surface area (TPSA) is 53.1 Å². The van der Waals surface area contributed by atoms with Crippen LogP contribution in [0.15, 0.2) is 41.2 Å². The number of halogens is 1. The van der Waals surface area contributed by atoms with E-state index in [1.165, 1.54) is 18.2 Å². The molecule has 0 amide bonds. The van der Waals surface area contributed by atoms with E-state index in [4.69, 9.17) is 5.11 Å². The van der Waals surface area contributed by atoms with Gasteiger partial charge in [-0.3, -0.25) is 4.79 Å². The maximum absolute atomic E-state index is 13.0. The third kappa shape index (κ3) is 2.01. The van der Waals surface area contributed by atoms with Crippen LogP contribution in [0.4, 0.5) is 4.39 Å².